The number of amides is 1. The average molecular weight is 330 g/mol. The van der Waals surface area contributed by atoms with Gasteiger partial charge in [-0.25, -0.2) is 9.18 Å². The lowest BCUT2D eigenvalue weighted by atomic mass is 10.00. The van der Waals surface area contributed by atoms with Crippen molar-refractivity contribution >= 4 is 22.8 Å². The van der Waals surface area contributed by atoms with E-state index >= 15 is 0 Å². The number of aryl methyl sites for hydroxylation is 2. The molecule has 0 saturated heterocycles. The van der Waals surface area contributed by atoms with E-state index in [0.29, 0.717) is 16.9 Å². The van der Waals surface area contributed by atoms with Gasteiger partial charge in [-0.3, -0.25) is 9.78 Å². The van der Waals surface area contributed by atoms with Gasteiger partial charge in [0.15, 0.2) is 6.04 Å². The van der Waals surface area contributed by atoms with Gasteiger partial charge in [0, 0.05) is 17.0 Å². The van der Waals surface area contributed by atoms with Crippen LogP contribution in [0, 0.1) is 13.8 Å². The summed E-state index contributed by atoms with van der Waals surface area (Å²) in [4.78, 5) is 28.3. The van der Waals surface area contributed by atoms with E-state index < -0.39 is 24.6 Å². The number of aliphatic carboxylic acids is 1. The molecule has 0 aliphatic heterocycles. The van der Waals surface area contributed by atoms with Gasteiger partial charge in [-0.1, -0.05) is 11.6 Å². The Morgan fingerprint density at radius 3 is 2.62 bits per heavy atom. The molecule has 1 aliphatic rings. The minimum Gasteiger partial charge on any atom is -0.480 e. The summed E-state index contributed by atoms with van der Waals surface area (Å²) in [5.41, 5.74) is 3.87. The fourth-order valence-corrected chi connectivity index (χ4v) is 2.88. The molecule has 5 nitrogen and oxygen atoms in total. The van der Waals surface area contributed by atoms with Gasteiger partial charge in [-0.2, -0.15) is 0 Å². The van der Waals surface area contributed by atoms with Crippen molar-refractivity contribution in [2.45, 2.75) is 38.6 Å². The van der Waals surface area contributed by atoms with Crippen LogP contribution in [-0.4, -0.2) is 34.7 Å². The number of pyridine rings is 1. The Hall–Kier alpha value is -2.50. The van der Waals surface area contributed by atoms with Crippen LogP contribution < -0.4 is 5.32 Å². The van der Waals surface area contributed by atoms with Gasteiger partial charge in [0.25, 0.3) is 5.91 Å². The van der Waals surface area contributed by atoms with Crippen molar-refractivity contribution in [3.63, 3.8) is 0 Å². The molecule has 1 aliphatic carbocycles. The number of carboxylic acid groups (broad SMARTS) is 1. The number of benzene rings is 1. The molecule has 3 rings (SSSR count). The Morgan fingerprint density at radius 1 is 1.33 bits per heavy atom. The number of rotatable bonds is 5. The molecule has 1 saturated carbocycles. The van der Waals surface area contributed by atoms with E-state index in [1.165, 1.54) is 0 Å². The highest BCUT2D eigenvalue weighted by molar-refractivity contribution is 6.08. The Balaban J connectivity index is 2.10. The van der Waals surface area contributed by atoms with Gasteiger partial charge in [0.2, 0.25) is 0 Å². The minimum atomic E-state index is -1.55. The smallest absolute Gasteiger partial charge is 0.328 e. The number of carbonyl (C=O) groups is 2. The number of nitrogens with zero attached hydrogens (tertiary/aromatic N) is 1. The summed E-state index contributed by atoms with van der Waals surface area (Å²) in [6, 6.07) is 4.02. The molecular weight excluding hydrogens is 311 g/mol. The Morgan fingerprint density at radius 2 is 2.04 bits per heavy atom. The highest BCUT2D eigenvalue weighted by Gasteiger charge is 2.28. The summed E-state index contributed by atoms with van der Waals surface area (Å²) in [7, 11) is 0. The lowest BCUT2D eigenvalue weighted by Crippen LogP contribution is -2.42. The molecule has 126 valence electrons. The first-order chi connectivity index (χ1) is 11.4. The first-order valence-corrected chi connectivity index (χ1v) is 7.92. The highest BCUT2D eigenvalue weighted by Crippen LogP contribution is 2.40. The second-order valence-electron chi connectivity index (χ2n) is 6.37. The van der Waals surface area contributed by atoms with Crippen LogP contribution >= 0.6 is 0 Å². The summed E-state index contributed by atoms with van der Waals surface area (Å²) >= 11 is 0. The van der Waals surface area contributed by atoms with E-state index in [0.717, 1.165) is 35.2 Å². The zero-order valence-corrected chi connectivity index (χ0v) is 13.6. The van der Waals surface area contributed by atoms with Crippen molar-refractivity contribution in [2.24, 2.45) is 0 Å². The molecule has 1 unspecified atom stereocenters. The van der Waals surface area contributed by atoms with Crippen LogP contribution in [0.1, 0.15) is 45.9 Å². The van der Waals surface area contributed by atoms with Crippen molar-refractivity contribution < 1.29 is 19.1 Å². The standard InChI is InChI=1S/C18H19FN2O3/c1-9-5-10(2)16-12(6-9)13(7-14(20-16)11-3-4-11)17(22)21-15(8-19)18(23)24/h5-7,11,15H,3-4,8H2,1-2H3,(H,21,22)(H,23,24). The van der Waals surface area contributed by atoms with Crippen LogP contribution in [0.5, 0.6) is 0 Å². The number of aromatic nitrogens is 1. The van der Waals surface area contributed by atoms with Crippen LogP contribution in [0.3, 0.4) is 0 Å². The molecule has 1 amide bonds. The molecule has 1 atom stereocenters. The Labute approximate surface area is 138 Å². The van der Waals surface area contributed by atoms with Crippen LogP contribution in [-0.2, 0) is 4.79 Å². The van der Waals surface area contributed by atoms with Crippen LogP contribution in [0.25, 0.3) is 10.9 Å². The summed E-state index contributed by atoms with van der Waals surface area (Å²) in [5.74, 6) is -1.63. The van der Waals surface area contributed by atoms with Crippen LogP contribution in [0.2, 0.25) is 0 Å². The summed E-state index contributed by atoms with van der Waals surface area (Å²) in [5, 5.41) is 11.9. The molecule has 1 aromatic heterocycles. The van der Waals surface area contributed by atoms with E-state index in [1.54, 1.807) is 6.07 Å². The molecule has 2 N–H and O–H groups in total. The van der Waals surface area contributed by atoms with Gasteiger partial charge in [0.05, 0.1) is 11.1 Å². The first-order valence-electron chi connectivity index (χ1n) is 7.92. The second-order valence-corrected chi connectivity index (χ2v) is 6.37. The molecular formula is C18H19FN2O3. The van der Waals surface area contributed by atoms with Crippen molar-refractivity contribution in [2.75, 3.05) is 6.67 Å². The number of fused-ring (bicyclic) bond motifs is 1. The average Bonchev–Trinajstić information content (AvgIpc) is 3.36. The lowest BCUT2D eigenvalue weighted by Gasteiger charge is -2.14. The molecule has 0 bridgehead atoms. The monoisotopic (exact) mass is 330 g/mol. The molecule has 6 heteroatoms. The quantitative estimate of drug-likeness (QED) is 0.883. The molecule has 1 fully saturated rings. The predicted molar refractivity (Wildman–Crippen MR) is 88.1 cm³/mol. The van der Waals surface area contributed by atoms with Crippen molar-refractivity contribution in [1.29, 1.82) is 0 Å². The molecule has 1 heterocycles. The van der Waals surface area contributed by atoms with E-state index in [9.17, 15) is 14.0 Å². The molecule has 2 aromatic rings. The maximum atomic E-state index is 12.8. The normalized spacial score (nSPS) is 15.3. The molecule has 24 heavy (non-hydrogen) atoms. The Kier molecular flexibility index (Phi) is 4.22. The van der Waals surface area contributed by atoms with Crippen molar-refractivity contribution in [3.8, 4) is 0 Å². The number of halogens is 1. The summed E-state index contributed by atoms with van der Waals surface area (Å²) in [6.45, 7) is 2.70. The molecule has 1 aromatic carbocycles. The van der Waals surface area contributed by atoms with E-state index in [1.807, 2.05) is 26.0 Å². The lowest BCUT2D eigenvalue weighted by molar-refractivity contribution is -0.139. The number of hydrogen-bond donors (Lipinski definition) is 2. The number of nitrogens with one attached hydrogen (secondary N) is 1. The van der Waals surface area contributed by atoms with Gasteiger partial charge in [-0.15, -0.1) is 0 Å². The van der Waals surface area contributed by atoms with Gasteiger partial charge < -0.3 is 10.4 Å². The summed E-state index contributed by atoms with van der Waals surface area (Å²) < 4.78 is 12.8. The molecule has 0 spiro atoms. The fourth-order valence-electron chi connectivity index (χ4n) is 2.88. The van der Waals surface area contributed by atoms with Crippen molar-refractivity contribution in [1.82, 2.24) is 10.3 Å². The largest absolute Gasteiger partial charge is 0.480 e. The Bertz CT molecular complexity index is 831. The maximum Gasteiger partial charge on any atom is 0.328 e. The van der Waals surface area contributed by atoms with Gasteiger partial charge in [-0.05, 0) is 44.4 Å². The fraction of sp³-hybridized carbons (Fsp3) is 0.389. The zero-order chi connectivity index (χ0) is 17.4. The summed E-state index contributed by atoms with van der Waals surface area (Å²) in [6.07, 6.45) is 2.07. The second kappa shape index (κ2) is 6.19. The van der Waals surface area contributed by atoms with Crippen LogP contribution in [0.4, 0.5) is 4.39 Å². The van der Waals surface area contributed by atoms with E-state index in [2.05, 4.69) is 10.3 Å². The van der Waals surface area contributed by atoms with E-state index in [-0.39, 0.29) is 0 Å². The third-order valence-electron chi connectivity index (χ3n) is 4.27. The van der Waals surface area contributed by atoms with Gasteiger partial charge in [0.1, 0.15) is 6.67 Å². The minimum absolute atomic E-state index is 0.345. The SMILES string of the molecule is Cc1cc(C)c2nc(C3CC3)cc(C(=O)NC(CF)C(=O)O)c2c1. The number of carboxylic acids is 1. The van der Waals surface area contributed by atoms with E-state index in [4.69, 9.17) is 5.11 Å². The number of carbonyl (C=O) groups excluding carboxylic acids is 1. The molecule has 0 radical (unpaired) electrons. The number of hydrogen-bond acceptors (Lipinski definition) is 3. The topological polar surface area (TPSA) is 79.3 Å². The predicted octanol–water partition coefficient (Wildman–Crippen LogP) is 2.88. The number of alkyl halides is 1. The third-order valence-corrected chi connectivity index (χ3v) is 4.27. The maximum absolute atomic E-state index is 12.8. The van der Waals surface area contributed by atoms with Crippen LogP contribution in [0.15, 0.2) is 18.2 Å². The zero-order valence-electron chi connectivity index (χ0n) is 13.6. The first kappa shape index (κ1) is 16.4. The van der Waals surface area contributed by atoms with Crippen molar-refractivity contribution in [3.05, 3.63) is 40.6 Å². The van der Waals surface area contributed by atoms with Gasteiger partial charge >= 0.3 is 5.97 Å². The third kappa shape index (κ3) is 3.09. The highest BCUT2D eigenvalue weighted by atomic mass is 19.1.